The van der Waals surface area contributed by atoms with Gasteiger partial charge in [0.2, 0.25) is 0 Å². The molecule has 0 bridgehead atoms. The third-order valence-corrected chi connectivity index (χ3v) is 8.98. The van der Waals surface area contributed by atoms with Crippen molar-refractivity contribution >= 4 is 25.2 Å². The molecule has 43 heavy (non-hydrogen) atoms. The van der Waals surface area contributed by atoms with E-state index >= 15 is 0 Å². The average Bonchev–Trinajstić information content (AvgIpc) is 3.16. The fourth-order valence-corrected chi connectivity index (χ4v) is 6.66. The molecule has 0 aliphatic carbocycles. The minimum absolute atomic E-state index is 0.154. The second-order valence-electron chi connectivity index (χ2n) is 10.7. The van der Waals surface area contributed by atoms with Crippen LogP contribution in [0.25, 0.3) is 0 Å². The fourth-order valence-electron chi connectivity index (χ4n) is 4.67. The van der Waals surface area contributed by atoms with Crippen LogP contribution in [-0.2, 0) is 29.8 Å². The molecule has 1 aromatic heterocycles. The normalized spacial score (nSPS) is 23.9. The molecule has 1 fully saturated rings. The van der Waals surface area contributed by atoms with Crippen molar-refractivity contribution in [2.45, 2.75) is 57.3 Å². The number of rotatable bonds is 12. The van der Waals surface area contributed by atoms with Crippen LogP contribution in [-0.4, -0.2) is 62.4 Å². The monoisotopic (exact) mass is 636 g/mol. The van der Waals surface area contributed by atoms with Gasteiger partial charge in [-0.15, -0.1) is 0 Å². The van der Waals surface area contributed by atoms with Crippen molar-refractivity contribution in [2.24, 2.45) is 5.92 Å². The van der Waals surface area contributed by atoms with Gasteiger partial charge >= 0.3 is 19.3 Å². The van der Waals surface area contributed by atoms with Crippen molar-refractivity contribution in [3.05, 3.63) is 98.3 Å². The molecule has 232 valence electrons. The van der Waals surface area contributed by atoms with Crippen LogP contribution >= 0.6 is 19.2 Å². The summed E-state index contributed by atoms with van der Waals surface area (Å²) in [5.74, 6) is -1.38. The highest BCUT2D eigenvalue weighted by Gasteiger charge is 2.54. The van der Waals surface area contributed by atoms with E-state index in [0.29, 0.717) is 5.02 Å². The minimum atomic E-state index is -4.21. The predicted molar refractivity (Wildman–Crippen MR) is 157 cm³/mol. The molecule has 1 aliphatic heterocycles. The number of benzene rings is 2. The number of nitrogens with one attached hydrogen (secondary N) is 1. The summed E-state index contributed by atoms with van der Waals surface area (Å²) >= 11 is 5.99. The van der Waals surface area contributed by atoms with Crippen LogP contribution in [0.2, 0.25) is 5.02 Å². The van der Waals surface area contributed by atoms with Gasteiger partial charge in [0.15, 0.2) is 6.23 Å². The van der Waals surface area contributed by atoms with Gasteiger partial charge in [-0.2, -0.15) is 0 Å². The highest BCUT2D eigenvalue weighted by molar-refractivity contribution is 7.54. The Hall–Kier alpha value is -3.25. The second kappa shape index (κ2) is 13.6. The average molecular weight is 637 g/mol. The first kappa shape index (κ1) is 32.7. The fraction of sp³-hybridized carbons (Fsp3) is 0.414. The van der Waals surface area contributed by atoms with Crippen molar-refractivity contribution in [3.63, 3.8) is 0 Å². The number of esters is 1. The molecule has 2 heterocycles. The molecule has 3 aromatic rings. The van der Waals surface area contributed by atoms with Crippen LogP contribution in [0.15, 0.2) is 76.4 Å². The summed E-state index contributed by atoms with van der Waals surface area (Å²) in [4.78, 5) is 39.1. The van der Waals surface area contributed by atoms with E-state index in [4.69, 9.17) is 30.1 Å². The van der Waals surface area contributed by atoms with Gasteiger partial charge in [0.05, 0.1) is 24.8 Å². The Kier molecular flexibility index (Phi) is 10.3. The Morgan fingerprint density at radius 2 is 1.81 bits per heavy atom. The van der Waals surface area contributed by atoms with Crippen molar-refractivity contribution < 1.29 is 38.1 Å². The molecule has 0 amide bonds. The number of aliphatic hydroxyl groups is 2. The Bertz CT molecular complexity index is 1560. The van der Waals surface area contributed by atoms with Crippen molar-refractivity contribution in [2.75, 3.05) is 12.8 Å². The van der Waals surface area contributed by atoms with Crippen LogP contribution in [0.1, 0.15) is 32.6 Å². The molecular weight excluding hydrogens is 603 g/mol. The SMILES string of the molecule is CC(C)OC(=O)[C@H](Cc1ccccc1)CP(=O)(OC[C@H]1O[C@@H](n2ccc(=O)[nH]c2=O)[C@](C)(O)[C@@H]1O)Oc1ccc(Cl)cc1. The zero-order chi connectivity index (χ0) is 31.4. The Labute approximate surface area is 252 Å². The quantitative estimate of drug-likeness (QED) is 0.198. The lowest BCUT2D eigenvalue weighted by Crippen LogP contribution is -2.46. The van der Waals surface area contributed by atoms with E-state index in [1.165, 1.54) is 31.2 Å². The van der Waals surface area contributed by atoms with E-state index in [0.717, 1.165) is 22.4 Å². The van der Waals surface area contributed by atoms with Gasteiger partial charge in [-0.05, 0) is 57.0 Å². The number of ether oxygens (including phenoxy) is 2. The number of aromatic nitrogens is 2. The third kappa shape index (κ3) is 8.23. The second-order valence-corrected chi connectivity index (χ2v) is 13.2. The topological polar surface area (TPSA) is 166 Å². The van der Waals surface area contributed by atoms with Crippen LogP contribution in [0.3, 0.4) is 0 Å². The van der Waals surface area contributed by atoms with Crippen molar-refractivity contribution in [3.8, 4) is 5.75 Å². The van der Waals surface area contributed by atoms with E-state index in [1.54, 1.807) is 13.8 Å². The number of aromatic amines is 1. The summed E-state index contributed by atoms with van der Waals surface area (Å²) in [6.45, 7) is 4.11. The molecule has 0 saturated carbocycles. The van der Waals surface area contributed by atoms with Gasteiger partial charge in [-0.25, -0.2) is 9.36 Å². The summed E-state index contributed by atoms with van der Waals surface area (Å²) < 4.78 is 38.2. The van der Waals surface area contributed by atoms with Gasteiger partial charge in [-0.1, -0.05) is 41.9 Å². The first-order valence-electron chi connectivity index (χ1n) is 13.6. The number of hydrogen-bond acceptors (Lipinski definition) is 10. The highest BCUT2D eigenvalue weighted by atomic mass is 35.5. The zero-order valence-corrected chi connectivity index (χ0v) is 25.4. The Balaban J connectivity index is 1.61. The lowest BCUT2D eigenvalue weighted by molar-refractivity contribution is -0.151. The first-order chi connectivity index (χ1) is 20.3. The van der Waals surface area contributed by atoms with E-state index < -0.39 is 73.6 Å². The summed E-state index contributed by atoms with van der Waals surface area (Å²) in [7, 11) is -4.21. The summed E-state index contributed by atoms with van der Waals surface area (Å²) in [5.41, 5.74) is -2.73. The van der Waals surface area contributed by atoms with Gasteiger partial charge in [0.25, 0.3) is 5.56 Å². The lowest BCUT2D eigenvalue weighted by Gasteiger charge is -2.27. The number of nitrogens with zero attached hydrogens (tertiary/aromatic N) is 1. The molecular formula is C29H34ClN2O10P. The van der Waals surface area contributed by atoms with Crippen LogP contribution < -0.4 is 15.8 Å². The minimum Gasteiger partial charge on any atom is -0.463 e. The number of hydrogen-bond donors (Lipinski definition) is 3. The smallest absolute Gasteiger partial charge is 0.380 e. The van der Waals surface area contributed by atoms with E-state index in [-0.39, 0.29) is 12.2 Å². The van der Waals surface area contributed by atoms with Gasteiger partial charge in [0, 0.05) is 17.3 Å². The largest absolute Gasteiger partial charge is 0.463 e. The van der Waals surface area contributed by atoms with E-state index in [2.05, 4.69) is 4.98 Å². The lowest BCUT2D eigenvalue weighted by atomic mass is 9.96. The molecule has 0 radical (unpaired) electrons. The maximum atomic E-state index is 14.3. The molecule has 14 heteroatoms. The van der Waals surface area contributed by atoms with Gasteiger partial charge in [-0.3, -0.25) is 23.7 Å². The Morgan fingerprint density at radius 3 is 2.44 bits per heavy atom. The number of carbonyl (C=O) groups excluding carboxylic acids is 1. The summed E-state index contributed by atoms with van der Waals surface area (Å²) in [6, 6.07) is 16.2. The molecule has 1 unspecified atom stereocenters. The zero-order valence-electron chi connectivity index (χ0n) is 23.8. The molecule has 0 spiro atoms. The van der Waals surface area contributed by atoms with Crippen LogP contribution in [0.4, 0.5) is 0 Å². The standard InChI is InChI=1S/C29H34ClN2O10P/c1-18(2)40-26(35)20(15-19-7-5-4-6-8-19)17-43(38,42-22-11-9-21(30)10-12-22)39-16-23-25(34)29(3,37)27(41-23)32-14-13-24(33)31-28(32)36/h4-14,18,20,23,25,27,34,37H,15-17H2,1-3H3,(H,31,33,36)/t20-,23-,25-,27-,29-,43?/m1/s1. The van der Waals surface area contributed by atoms with E-state index in [1.807, 2.05) is 30.3 Å². The molecule has 12 nitrogen and oxygen atoms in total. The highest BCUT2D eigenvalue weighted by Crippen LogP contribution is 2.51. The molecule has 3 N–H and O–H groups in total. The number of H-pyrrole nitrogens is 1. The maximum absolute atomic E-state index is 14.3. The van der Waals surface area contributed by atoms with Crippen molar-refractivity contribution in [1.82, 2.24) is 9.55 Å². The number of carbonyl (C=O) groups is 1. The number of halogens is 1. The molecule has 4 rings (SSSR count). The molecule has 1 saturated heterocycles. The van der Waals surface area contributed by atoms with E-state index in [9.17, 15) is 29.2 Å². The maximum Gasteiger partial charge on any atom is 0.380 e. The third-order valence-electron chi connectivity index (χ3n) is 6.81. The molecule has 6 atom stereocenters. The van der Waals surface area contributed by atoms with Gasteiger partial charge < -0.3 is 24.2 Å². The van der Waals surface area contributed by atoms with Gasteiger partial charge in [0.1, 0.15) is 23.6 Å². The first-order valence-corrected chi connectivity index (χ1v) is 15.7. The number of aliphatic hydroxyl groups excluding tert-OH is 1. The van der Waals surface area contributed by atoms with Crippen LogP contribution in [0.5, 0.6) is 5.75 Å². The van der Waals surface area contributed by atoms with Crippen LogP contribution in [0, 0.1) is 5.92 Å². The van der Waals surface area contributed by atoms with Crippen molar-refractivity contribution in [1.29, 1.82) is 0 Å². The molecule has 2 aromatic carbocycles. The summed E-state index contributed by atoms with van der Waals surface area (Å²) in [5, 5.41) is 22.4. The summed E-state index contributed by atoms with van der Waals surface area (Å²) in [6.07, 6.45) is -3.82. The Morgan fingerprint density at radius 1 is 1.14 bits per heavy atom. The molecule has 1 aliphatic rings. The predicted octanol–water partition coefficient (Wildman–Crippen LogP) is 3.30.